The molecule has 0 spiro atoms. The van der Waals surface area contributed by atoms with E-state index in [4.69, 9.17) is 9.47 Å². The minimum Gasteiger partial charge on any atom is -0.493 e. The van der Waals surface area contributed by atoms with E-state index >= 15 is 0 Å². The number of nitrogens with zero attached hydrogens (tertiary/aromatic N) is 3. The van der Waals surface area contributed by atoms with Crippen molar-refractivity contribution < 1.29 is 18.3 Å². The summed E-state index contributed by atoms with van der Waals surface area (Å²) in [6.45, 7) is 0.213. The van der Waals surface area contributed by atoms with Crippen molar-refractivity contribution in [3.05, 3.63) is 70.7 Å². The van der Waals surface area contributed by atoms with E-state index in [0.29, 0.717) is 39.5 Å². The third kappa shape index (κ3) is 3.66. The lowest BCUT2D eigenvalue weighted by molar-refractivity contribution is 0.355. The maximum atomic E-state index is 13.4. The minimum atomic E-state index is -0.681. The smallest absolute Gasteiger partial charge is 0.258 e. The molecule has 0 saturated carbocycles. The molecule has 0 bridgehead atoms. The lowest BCUT2D eigenvalue weighted by Crippen LogP contribution is -2.14. The number of hydrogen-bond donors (Lipinski definition) is 1. The highest BCUT2D eigenvalue weighted by Crippen LogP contribution is 2.30. The first-order chi connectivity index (χ1) is 14.0. The molecule has 4 aromatic rings. The Labute approximate surface area is 163 Å². The molecule has 29 heavy (non-hydrogen) atoms. The van der Waals surface area contributed by atoms with Crippen LogP contribution in [0.2, 0.25) is 0 Å². The third-order valence-electron chi connectivity index (χ3n) is 4.38. The van der Waals surface area contributed by atoms with Crippen LogP contribution in [-0.2, 0) is 6.54 Å². The number of aromatic nitrogens is 4. The van der Waals surface area contributed by atoms with Crippen LogP contribution < -0.4 is 15.0 Å². The predicted molar refractivity (Wildman–Crippen MR) is 102 cm³/mol. The zero-order chi connectivity index (χ0) is 20.5. The number of hydrogen-bond acceptors (Lipinski definition) is 5. The molecule has 148 valence electrons. The van der Waals surface area contributed by atoms with Crippen LogP contribution in [0.4, 0.5) is 8.78 Å². The molecule has 7 nitrogen and oxygen atoms in total. The fourth-order valence-corrected chi connectivity index (χ4v) is 3.06. The quantitative estimate of drug-likeness (QED) is 0.559. The topological polar surface area (TPSA) is 82.0 Å². The number of fused-ring (bicyclic) bond motifs is 1. The second-order valence-electron chi connectivity index (χ2n) is 6.33. The van der Waals surface area contributed by atoms with Gasteiger partial charge in [0.1, 0.15) is 17.5 Å². The summed E-state index contributed by atoms with van der Waals surface area (Å²) in [6.07, 6.45) is 3.12. The van der Waals surface area contributed by atoms with Crippen LogP contribution in [0, 0.1) is 11.6 Å². The number of H-pyrrole nitrogens is 1. The molecule has 0 atom stereocenters. The van der Waals surface area contributed by atoms with Crippen LogP contribution in [-0.4, -0.2) is 33.7 Å². The van der Waals surface area contributed by atoms with Crippen molar-refractivity contribution in [2.45, 2.75) is 6.54 Å². The Bertz CT molecular complexity index is 1250. The lowest BCUT2D eigenvalue weighted by atomic mass is 10.1. The summed E-state index contributed by atoms with van der Waals surface area (Å²) in [6, 6.07) is 6.39. The summed E-state index contributed by atoms with van der Waals surface area (Å²) in [5.74, 6) is -0.0771. The van der Waals surface area contributed by atoms with E-state index in [9.17, 15) is 13.6 Å². The van der Waals surface area contributed by atoms with E-state index < -0.39 is 11.6 Å². The molecule has 0 amide bonds. The number of imidazole rings is 1. The van der Waals surface area contributed by atoms with Crippen LogP contribution in [0.1, 0.15) is 5.82 Å². The van der Waals surface area contributed by atoms with Gasteiger partial charge in [0.15, 0.2) is 11.5 Å². The summed E-state index contributed by atoms with van der Waals surface area (Å²) in [5.41, 5.74) is 0.850. The first-order valence-corrected chi connectivity index (χ1v) is 8.60. The molecule has 9 heteroatoms. The maximum absolute atomic E-state index is 13.4. The molecule has 0 fully saturated rings. The average molecular weight is 398 g/mol. The van der Waals surface area contributed by atoms with Gasteiger partial charge in [-0.1, -0.05) is 0 Å². The van der Waals surface area contributed by atoms with Crippen LogP contribution in [0.3, 0.4) is 0 Å². The van der Waals surface area contributed by atoms with E-state index in [0.717, 1.165) is 6.07 Å². The van der Waals surface area contributed by atoms with Gasteiger partial charge < -0.3 is 19.0 Å². The van der Waals surface area contributed by atoms with Gasteiger partial charge in [-0.05, 0) is 18.2 Å². The van der Waals surface area contributed by atoms with Crippen LogP contribution >= 0.6 is 0 Å². The van der Waals surface area contributed by atoms with Gasteiger partial charge >= 0.3 is 0 Å². The maximum Gasteiger partial charge on any atom is 0.258 e. The van der Waals surface area contributed by atoms with Gasteiger partial charge in [0.25, 0.3) is 5.56 Å². The molecule has 2 aromatic heterocycles. The molecule has 0 aliphatic rings. The molecule has 0 radical (unpaired) electrons. The van der Waals surface area contributed by atoms with Gasteiger partial charge in [-0.15, -0.1) is 0 Å². The molecular formula is C20H16F2N4O3. The number of halogens is 2. The second kappa shape index (κ2) is 7.34. The van der Waals surface area contributed by atoms with Crippen LogP contribution in [0.5, 0.6) is 11.5 Å². The first-order valence-electron chi connectivity index (χ1n) is 8.60. The Balaban J connectivity index is 1.68. The Morgan fingerprint density at radius 2 is 1.72 bits per heavy atom. The van der Waals surface area contributed by atoms with Crippen molar-refractivity contribution in [1.29, 1.82) is 0 Å². The fourth-order valence-electron chi connectivity index (χ4n) is 3.06. The number of benzene rings is 2. The Morgan fingerprint density at radius 1 is 1.03 bits per heavy atom. The highest BCUT2D eigenvalue weighted by Gasteiger charge is 2.12. The molecule has 4 rings (SSSR count). The number of nitrogens with one attached hydrogen (secondary N) is 1. The lowest BCUT2D eigenvalue weighted by Gasteiger charge is -2.09. The zero-order valence-electron chi connectivity index (χ0n) is 15.6. The Hall–Kier alpha value is -3.75. The van der Waals surface area contributed by atoms with Gasteiger partial charge in [-0.3, -0.25) is 4.79 Å². The van der Waals surface area contributed by atoms with Crippen LogP contribution in [0.15, 0.2) is 47.7 Å². The first kappa shape index (κ1) is 18.6. The van der Waals surface area contributed by atoms with Gasteiger partial charge in [-0.2, -0.15) is 0 Å². The Kier molecular flexibility index (Phi) is 4.71. The van der Waals surface area contributed by atoms with Gasteiger partial charge in [0.05, 0.1) is 43.7 Å². The molecule has 2 aromatic carbocycles. The van der Waals surface area contributed by atoms with E-state index in [-0.39, 0.29) is 12.1 Å². The largest absolute Gasteiger partial charge is 0.493 e. The summed E-state index contributed by atoms with van der Waals surface area (Å²) in [5, 5.41) is 0.368. The molecule has 0 aliphatic carbocycles. The summed E-state index contributed by atoms with van der Waals surface area (Å²) in [7, 11) is 2.99. The normalized spacial score (nSPS) is 11.0. The van der Waals surface area contributed by atoms with Gasteiger partial charge in [-0.25, -0.2) is 18.7 Å². The van der Waals surface area contributed by atoms with E-state index in [1.54, 1.807) is 22.9 Å². The van der Waals surface area contributed by atoms with Gasteiger partial charge in [0, 0.05) is 23.9 Å². The minimum absolute atomic E-state index is 0.213. The molecule has 1 N–H and O–H groups in total. The number of ether oxygens (including phenoxy) is 2. The summed E-state index contributed by atoms with van der Waals surface area (Å²) in [4.78, 5) is 23.8. The molecule has 0 aliphatic heterocycles. The molecule has 2 heterocycles. The molecule has 0 unspecified atom stereocenters. The average Bonchev–Trinajstić information content (AvgIpc) is 3.15. The van der Waals surface area contributed by atoms with Crippen molar-refractivity contribution in [2.75, 3.05) is 14.2 Å². The number of aromatic amines is 1. The van der Waals surface area contributed by atoms with Gasteiger partial charge in [0.2, 0.25) is 0 Å². The third-order valence-corrected chi connectivity index (χ3v) is 4.38. The van der Waals surface area contributed by atoms with Crippen molar-refractivity contribution >= 4 is 10.9 Å². The van der Waals surface area contributed by atoms with Crippen molar-refractivity contribution in [2.24, 2.45) is 0 Å². The second-order valence-corrected chi connectivity index (χ2v) is 6.33. The number of rotatable bonds is 5. The monoisotopic (exact) mass is 398 g/mol. The fraction of sp³-hybridized carbons (Fsp3) is 0.150. The number of methoxy groups -OCH3 is 2. The summed E-state index contributed by atoms with van der Waals surface area (Å²) >= 11 is 0. The van der Waals surface area contributed by atoms with Crippen molar-refractivity contribution in [1.82, 2.24) is 19.5 Å². The standard InChI is InChI=1S/C20H16F2N4O3/c1-28-17-6-14-15(7-18(17)29-2)24-19(25-20(14)27)9-26-8-16(23-10-26)11-3-12(21)5-13(22)4-11/h3-8,10H,9H2,1-2H3,(H,24,25,27). The van der Waals surface area contributed by atoms with Crippen LogP contribution in [0.25, 0.3) is 22.2 Å². The molecular weight excluding hydrogens is 382 g/mol. The molecule has 0 saturated heterocycles. The van der Waals surface area contributed by atoms with E-state index in [1.165, 1.54) is 32.7 Å². The highest BCUT2D eigenvalue weighted by atomic mass is 19.1. The van der Waals surface area contributed by atoms with E-state index in [1.807, 2.05) is 0 Å². The van der Waals surface area contributed by atoms with E-state index in [2.05, 4.69) is 15.0 Å². The summed E-state index contributed by atoms with van der Waals surface area (Å²) < 4.78 is 39.0. The SMILES string of the molecule is COc1cc2nc(Cn3cnc(-c4cc(F)cc(F)c4)c3)[nH]c(=O)c2cc1OC. The van der Waals surface area contributed by atoms with Crippen molar-refractivity contribution in [3.8, 4) is 22.8 Å². The Morgan fingerprint density at radius 3 is 2.41 bits per heavy atom. The predicted octanol–water partition coefficient (Wildman–Crippen LogP) is 3.13. The highest BCUT2D eigenvalue weighted by molar-refractivity contribution is 5.81. The van der Waals surface area contributed by atoms with Crippen molar-refractivity contribution in [3.63, 3.8) is 0 Å². The zero-order valence-corrected chi connectivity index (χ0v) is 15.6.